The van der Waals surface area contributed by atoms with E-state index < -0.39 is 0 Å². The summed E-state index contributed by atoms with van der Waals surface area (Å²) < 4.78 is 7.22. The van der Waals surface area contributed by atoms with Crippen molar-refractivity contribution in [3.63, 3.8) is 0 Å². The summed E-state index contributed by atoms with van der Waals surface area (Å²) in [6.07, 6.45) is 2.67. The Hall–Kier alpha value is -2.66. The van der Waals surface area contributed by atoms with Crippen LogP contribution in [0, 0.1) is 0 Å². The topological polar surface area (TPSA) is 39.9 Å². The van der Waals surface area contributed by atoms with E-state index in [9.17, 15) is 0 Å². The first-order valence-electron chi connectivity index (χ1n) is 7.72. The molecule has 0 saturated carbocycles. The molecule has 2 heterocycles. The third-order valence-corrected chi connectivity index (χ3v) is 4.94. The Morgan fingerprint density at radius 1 is 1.12 bits per heavy atom. The molecule has 0 bridgehead atoms. The van der Waals surface area contributed by atoms with Crippen molar-refractivity contribution in [3.05, 3.63) is 64.7 Å². The van der Waals surface area contributed by atoms with E-state index in [1.807, 2.05) is 30.1 Å². The van der Waals surface area contributed by atoms with Crippen molar-refractivity contribution in [1.29, 1.82) is 0 Å². The zero-order valence-corrected chi connectivity index (χ0v) is 14.4. The van der Waals surface area contributed by atoms with Gasteiger partial charge in [-0.05, 0) is 29.8 Å². The number of hydrogen-bond donors (Lipinski definition) is 0. The fourth-order valence-corrected chi connectivity index (χ4v) is 3.58. The van der Waals surface area contributed by atoms with E-state index in [1.165, 1.54) is 5.56 Å². The summed E-state index contributed by atoms with van der Waals surface area (Å²) in [5.41, 5.74) is 5.48. The van der Waals surface area contributed by atoms with Gasteiger partial charge in [0, 0.05) is 24.4 Å². The normalized spacial score (nSPS) is 11.1. The Labute approximate surface area is 144 Å². The van der Waals surface area contributed by atoms with E-state index in [-0.39, 0.29) is 0 Å². The van der Waals surface area contributed by atoms with E-state index >= 15 is 0 Å². The van der Waals surface area contributed by atoms with Gasteiger partial charge >= 0.3 is 0 Å². The number of imidazole rings is 1. The minimum Gasteiger partial charge on any atom is -0.497 e. The van der Waals surface area contributed by atoms with Crippen LogP contribution in [0.25, 0.3) is 22.3 Å². The second kappa shape index (κ2) is 6.09. The molecule has 0 atom stereocenters. The fraction of sp³-hybridized carbons (Fsp3) is 0.158. The van der Waals surface area contributed by atoms with Gasteiger partial charge in [0.2, 0.25) is 0 Å². The molecule has 0 spiro atoms. The molecule has 0 N–H and O–H groups in total. The van der Waals surface area contributed by atoms with Gasteiger partial charge in [0.1, 0.15) is 5.75 Å². The molecule has 0 aliphatic heterocycles. The Bertz CT molecular complexity index is 985. The van der Waals surface area contributed by atoms with Crippen LogP contribution in [-0.4, -0.2) is 21.6 Å². The SMILES string of the molecule is COc1ccc(Cc2nc(-c3ccc4c(c3)ncn4C)cs2)cc1. The third kappa shape index (κ3) is 2.78. The first-order chi connectivity index (χ1) is 11.7. The number of aromatic nitrogens is 3. The van der Waals surface area contributed by atoms with Crippen molar-refractivity contribution in [2.24, 2.45) is 7.05 Å². The number of aryl methyl sites for hydroxylation is 1. The van der Waals surface area contributed by atoms with Gasteiger partial charge in [-0.1, -0.05) is 18.2 Å². The monoisotopic (exact) mass is 335 g/mol. The lowest BCUT2D eigenvalue weighted by Crippen LogP contribution is -1.89. The molecule has 4 rings (SSSR count). The molecular formula is C19H17N3OS. The first kappa shape index (κ1) is 14.9. The van der Waals surface area contributed by atoms with E-state index in [1.54, 1.807) is 18.4 Å². The maximum absolute atomic E-state index is 5.20. The van der Waals surface area contributed by atoms with Crippen molar-refractivity contribution < 1.29 is 4.74 Å². The second-order valence-electron chi connectivity index (χ2n) is 5.71. The minimum absolute atomic E-state index is 0.834. The lowest BCUT2D eigenvalue weighted by Gasteiger charge is -2.01. The molecule has 0 aliphatic rings. The average molecular weight is 335 g/mol. The molecule has 5 heteroatoms. The summed E-state index contributed by atoms with van der Waals surface area (Å²) in [6.45, 7) is 0. The van der Waals surface area contributed by atoms with E-state index in [4.69, 9.17) is 9.72 Å². The summed E-state index contributed by atoms with van der Waals surface area (Å²) in [5.74, 6) is 0.877. The van der Waals surface area contributed by atoms with Gasteiger partial charge < -0.3 is 9.30 Å². The van der Waals surface area contributed by atoms with Crippen LogP contribution in [0.4, 0.5) is 0 Å². The molecular weight excluding hydrogens is 318 g/mol. The van der Waals surface area contributed by atoms with Crippen LogP contribution < -0.4 is 4.74 Å². The average Bonchev–Trinajstić information content (AvgIpc) is 3.22. The molecule has 0 amide bonds. The Balaban J connectivity index is 1.58. The highest BCUT2D eigenvalue weighted by Crippen LogP contribution is 2.26. The number of methoxy groups -OCH3 is 1. The molecule has 2 aromatic heterocycles. The predicted molar refractivity (Wildman–Crippen MR) is 97.6 cm³/mol. The Kier molecular flexibility index (Phi) is 3.78. The number of ether oxygens (including phenoxy) is 1. The van der Waals surface area contributed by atoms with Crippen molar-refractivity contribution in [2.45, 2.75) is 6.42 Å². The van der Waals surface area contributed by atoms with Gasteiger partial charge in [-0.3, -0.25) is 0 Å². The molecule has 24 heavy (non-hydrogen) atoms. The summed E-state index contributed by atoms with van der Waals surface area (Å²) in [7, 11) is 3.69. The standard InChI is InChI=1S/C19H17N3OS/c1-22-12-20-16-10-14(5-8-18(16)22)17-11-24-19(21-17)9-13-3-6-15(23-2)7-4-13/h3-8,10-12H,9H2,1-2H3. The number of hydrogen-bond acceptors (Lipinski definition) is 4. The largest absolute Gasteiger partial charge is 0.497 e. The molecule has 0 radical (unpaired) electrons. The van der Waals surface area contributed by atoms with Crippen LogP contribution in [0.1, 0.15) is 10.6 Å². The van der Waals surface area contributed by atoms with Crippen molar-refractivity contribution >= 4 is 22.4 Å². The minimum atomic E-state index is 0.834. The second-order valence-corrected chi connectivity index (χ2v) is 6.65. The van der Waals surface area contributed by atoms with Gasteiger partial charge in [0.25, 0.3) is 0 Å². The highest BCUT2D eigenvalue weighted by Gasteiger charge is 2.08. The smallest absolute Gasteiger partial charge is 0.118 e. The van der Waals surface area contributed by atoms with Crippen molar-refractivity contribution in [1.82, 2.24) is 14.5 Å². The molecule has 4 aromatic rings. The number of rotatable bonds is 4. The van der Waals surface area contributed by atoms with E-state index in [0.29, 0.717) is 0 Å². The van der Waals surface area contributed by atoms with Crippen LogP contribution >= 0.6 is 11.3 Å². The maximum Gasteiger partial charge on any atom is 0.118 e. The molecule has 120 valence electrons. The van der Waals surface area contributed by atoms with Gasteiger partial charge in [-0.2, -0.15) is 0 Å². The first-order valence-corrected chi connectivity index (χ1v) is 8.60. The van der Waals surface area contributed by atoms with Crippen molar-refractivity contribution in [2.75, 3.05) is 7.11 Å². The molecule has 2 aromatic carbocycles. The predicted octanol–water partition coefficient (Wildman–Crippen LogP) is 4.30. The lowest BCUT2D eigenvalue weighted by atomic mass is 10.1. The Morgan fingerprint density at radius 3 is 2.75 bits per heavy atom. The van der Waals surface area contributed by atoms with Gasteiger partial charge in [0.05, 0.1) is 35.2 Å². The number of nitrogens with zero attached hydrogens (tertiary/aromatic N) is 3. The van der Waals surface area contributed by atoms with Gasteiger partial charge in [-0.25, -0.2) is 9.97 Å². The Morgan fingerprint density at radius 2 is 1.96 bits per heavy atom. The highest BCUT2D eigenvalue weighted by atomic mass is 32.1. The zero-order valence-electron chi connectivity index (χ0n) is 13.6. The number of benzene rings is 2. The van der Waals surface area contributed by atoms with Crippen molar-refractivity contribution in [3.8, 4) is 17.0 Å². The molecule has 0 aliphatic carbocycles. The highest BCUT2D eigenvalue weighted by molar-refractivity contribution is 7.10. The van der Waals surface area contributed by atoms with Gasteiger partial charge in [-0.15, -0.1) is 11.3 Å². The van der Waals surface area contributed by atoms with E-state index in [2.05, 4.69) is 40.7 Å². The lowest BCUT2D eigenvalue weighted by molar-refractivity contribution is 0.414. The van der Waals surface area contributed by atoms with Crippen LogP contribution in [0.15, 0.2) is 54.2 Å². The molecule has 4 nitrogen and oxygen atoms in total. The fourth-order valence-electron chi connectivity index (χ4n) is 2.74. The van der Waals surface area contributed by atoms with Crippen LogP contribution in [0.5, 0.6) is 5.75 Å². The van der Waals surface area contributed by atoms with Crippen LogP contribution in [0.3, 0.4) is 0 Å². The third-order valence-electron chi connectivity index (χ3n) is 4.09. The zero-order chi connectivity index (χ0) is 16.5. The maximum atomic E-state index is 5.20. The number of thiazole rings is 1. The van der Waals surface area contributed by atoms with Gasteiger partial charge in [0.15, 0.2) is 0 Å². The van der Waals surface area contributed by atoms with Crippen LogP contribution in [0.2, 0.25) is 0 Å². The molecule has 0 unspecified atom stereocenters. The van der Waals surface area contributed by atoms with Crippen LogP contribution in [-0.2, 0) is 13.5 Å². The molecule has 0 fully saturated rings. The molecule has 0 saturated heterocycles. The summed E-state index contributed by atoms with van der Waals surface area (Å²) in [6, 6.07) is 14.4. The van der Waals surface area contributed by atoms with E-state index in [0.717, 1.165) is 39.5 Å². The summed E-state index contributed by atoms with van der Waals surface area (Å²) >= 11 is 1.69. The summed E-state index contributed by atoms with van der Waals surface area (Å²) in [5, 5.41) is 3.22. The summed E-state index contributed by atoms with van der Waals surface area (Å²) in [4.78, 5) is 9.21. The quantitative estimate of drug-likeness (QED) is 0.558. The number of fused-ring (bicyclic) bond motifs is 1.